The third-order valence-electron chi connectivity index (χ3n) is 5.63. The first-order valence-corrected chi connectivity index (χ1v) is 11.7. The summed E-state index contributed by atoms with van der Waals surface area (Å²) in [6, 6.07) is 16.2. The Morgan fingerprint density at radius 1 is 1.11 bits per heavy atom. The second-order valence-corrected chi connectivity index (χ2v) is 8.74. The molecule has 0 aliphatic carbocycles. The van der Waals surface area contributed by atoms with E-state index in [1.165, 1.54) is 0 Å². The molecule has 4 aromatic rings. The van der Waals surface area contributed by atoms with Crippen molar-refractivity contribution in [2.24, 2.45) is 0 Å². The fraction of sp³-hybridized carbons (Fsp3) is 0.269. The summed E-state index contributed by atoms with van der Waals surface area (Å²) in [4.78, 5) is 24.5. The number of aliphatic hydroxyl groups is 1. The first-order valence-electron chi connectivity index (χ1n) is 11.7. The number of carboxylic acids is 1. The number of carbonyl (C=O) groups is 1. The van der Waals surface area contributed by atoms with Gasteiger partial charge in [0.15, 0.2) is 0 Å². The van der Waals surface area contributed by atoms with E-state index < -0.39 is 11.6 Å². The van der Waals surface area contributed by atoms with Crippen LogP contribution in [0.15, 0.2) is 54.7 Å². The lowest BCUT2D eigenvalue weighted by atomic mass is 9.96. The van der Waals surface area contributed by atoms with Gasteiger partial charge in [-0.3, -0.25) is 9.78 Å². The van der Waals surface area contributed by atoms with E-state index >= 15 is 0 Å². The third kappa shape index (κ3) is 6.31. The van der Waals surface area contributed by atoms with E-state index in [4.69, 9.17) is 5.11 Å². The van der Waals surface area contributed by atoms with Gasteiger partial charge in [0.25, 0.3) is 0 Å². The summed E-state index contributed by atoms with van der Waals surface area (Å²) in [5.41, 5.74) is 2.82. The van der Waals surface area contributed by atoms with Gasteiger partial charge < -0.3 is 15.5 Å². The molecule has 3 N–H and O–H groups in total. The monoisotopic (exact) mass is 498 g/mol. The van der Waals surface area contributed by atoms with Crippen molar-refractivity contribution in [1.29, 1.82) is 5.26 Å². The molecule has 3 heterocycles. The van der Waals surface area contributed by atoms with Gasteiger partial charge in [-0.2, -0.15) is 5.26 Å². The molecule has 1 unspecified atom stereocenters. The minimum Gasteiger partial charge on any atom is -0.480 e. The number of hydrogen-bond acceptors (Lipinski definition) is 9. The first-order chi connectivity index (χ1) is 17.8. The molecule has 0 spiro atoms. The molecule has 1 aromatic carbocycles. The van der Waals surface area contributed by atoms with E-state index in [9.17, 15) is 15.2 Å². The molecule has 0 saturated heterocycles. The zero-order valence-electron chi connectivity index (χ0n) is 20.5. The van der Waals surface area contributed by atoms with Crippen molar-refractivity contribution in [2.75, 3.05) is 11.9 Å². The van der Waals surface area contributed by atoms with E-state index in [1.807, 2.05) is 19.1 Å². The van der Waals surface area contributed by atoms with Crippen LogP contribution in [-0.4, -0.2) is 52.7 Å². The van der Waals surface area contributed by atoms with Gasteiger partial charge in [0.05, 0.1) is 47.1 Å². The molecule has 0 fully saturated rings. The minimum atomic E-state index is -1.05. The van der Waals surface area contributed by atoms with Crippen molar-refractivity contribution in [3.63, 3.8) is 0 Å². The summed E-state index contributed by atoms with van der Waals surface area (Å²) in [7, 11) is 0. The number of rotatable bonds is 10. The molecule has 0 radical (unpaired) electrons. The van der Waals surface area contributed by atoms with Gasteiger partial charge in [0.1, 0.15) is 17.8 Å². The van der Waals surface area contributed by atoms with Crippen molar-refractivity contribution in [3.05, 3.63) is 71.7 Å². The molecule has 11 nitrogen and oxygen atoms in total. The van der Waals surface area contributed by atoms with Crippen LogP contribution in [0.1, 0.15) is 43.6 Å². The lowest BCUT2D eigenvalue weighted by molar-refractivity contribution is -0.134. The van der Waals surface area contributed by atoms with Crippen molar-refractivity contribution in [3.8, 4) is 28.7 Å². The Kier molecular flexibility index (Phi) is 7.50. The van der Waals surface area contributed by atoms with E-state index in [-0.39, 0.29) is 12.5 Å². The van der Waals surface area contributed by atoms with Crippen LogP contribution >= 0.6 is 0 Å². The highest BCUT2D eigenvalue weighted by Gasteiger charge is 2.23. The van der Waals surface area contributed by atoms with E-state index in [0.717, 1.165) is 6.42 Å². The maximum Gasteiger partial charge on any atom is 0.322 e. The zero-order valence-corrected chi connectivity index (χ0v) is 20.5. The third-order valence-corrected chi connectivity index (χ3v) is 5.63. The number of aromatic nitrogens is 6. The van der Waals surface area contributed by atoms with Crippen LogP contribution < -0.4 is 5.32 Å². The Morgan fingerprint density at radius 2 is 1.89 bits per heavy atom. The number of benzene rings is 1. The van der Waals surface area contributed by atoms with E-state index in [2.05, 4.69) is 36.7 Å². The van der Waals surface area contributed by atoms with Gasteiger partial charge in [0.2, 0.25) is 5.95 Å². The summed E-state index contributed by atoms with van der Waals surface area (Å²) in [6.07, 6.45) is 3.14. The van der Waals surface area contributed by atoms with Gasteiger partial charge in [-0.25, -0.2) is 14.6 Å². The smallest absolute Gasteiger partial charge is 0.322 e. The molecule has 0 aliphatic rings. The molecule has 4 rings (SSSR count). The normalized spacial score (nSPS) is 12.5. The van der Waals surface area contributed by atoms with Crippen LogP contribution in [0, 0.1) is 11.3 Å². The van der Waals surface area contributed by atoms with Crippen LogP contribution in [-0.2, 0) is 16.9 Å². The first kappa shape index (κ1) is 25.4. The van der Waals surface area contributed by atoms with Crippen molar-refractivity contribution >= 4 is 11.9 Å². The Hall–Kier alpha value is -4.69. The van der Waals surface area contributed by atoms with E-state index in [1.54, 1.807) is 54.2 Å². The summed E-state index contributed by atoms with van der Waals surface area (Å²) < 4.78 is 1.61. The second kappa shape index (κ2) is 10.9. The maximum absolute atomic E-state index is 11.1. The van der Waals surface area contributed by atoms with Crippen molar-refractivity contribution in [2.45, 2.75) is 38.8 Å². The number of carboxylic acid groups (broad SMARTS) is 1. The molecule has 0 bridgehead atoms. The van der Waals surface area contributed by atoms with Gasteiger partial charge in [-0.05, 0) is 43.7 Å². The predicted molar refractivity (Wildman–Crippen MR) is 135 cm³/mol. The lowest BCUT2D eigenvalue weighted by Crippen LogP contribution is -2.23. The molecule has 3 aromatic heterocycles. The molecular formula is C26H26N8O3. The molecule has 37 heavy (non-hydrogen) atoms. The SMILES string of the molecule is CCCC(C)(O)c1cccc(Cn2cc(-c3cc(-c4cccc(C#N)c4)nc(NCC(=O)O)n3)nn2)n1. The zero-order chi connectivity index (χ0) is 26.4. The van der Waals surface area contributed by atoms with E-state index in [0.29, 0.717) is 52.6 Å². The number of aliphatic carboxylic acids is 1. The number of pyridine rings is 1. The molecular weight excluding hydrogens is 472 g/mol. The molecule has 11 heteroatoms. The topological polar surface area (TPSA) is 163 Å². The number of hydrogen-bond donors (Lipinski definition) is 3. The molecule has 0 aliphatic heterocycles. The highest BCUT2D eigenvalue weighted by molar-refractivity contribution is 5.73. The van der Waals surface area contributed by atoms with Gasteiger partial charge >= 0.3 is 5.97 Å². The van der Waals surface area contributed by atoms with Gasteiger partial charge in [-0.15, -0.1) is 5.10 Å². The Morgan fingerprint density at radius 3 is 2.65 bits per heavy atom. The van der Waals surface area contributed by atoms with Gasteiger partial charge in [-0.1, -0.05) is 36.8 Å². The molecule has 1 atom stereocenters. The standard InChI is InChI=1S/C26H26N8O3/c1-3-10-26(2,37)23-9-5-8-19(29-23)15-34-16-22(32-33-34)21-12-20(18-7-4-6-17(11-18)13-27)30-25(31-21)28-14-24(35)36/h4-9,11-12,16,37H,3,10,14-15H2,1-2H3,(H,35,36)(H,28,30,31). The Bertz CT molecular complexity index is 1460. The number of nitrogens with zero attached hydrogens (tertiary/aromatic N) is 7. The van der Waals surface area contributed by atoms with Gasteiger partial charge in [0, 0.05) is 5.56 Å². The average molecular weight is 499 g/mol. The minimum absolute atomic E-state index is 0.110. The second-order valence-electron chi connectivity index (χ2n) is 8.74. The summed E-state index contributed by atoms with van der Waals surface area (Å²) in [6.45, 7) is 3.73. The number of anilines is 1. The Balaban J connectivity index is 1.64. The summed E-state index contributed by atoms with van der Waals surface area (Å²) in [5.74, 6) is -0.944. The fourth-order valence-corrected chi connectivity index (χ4v) is 3.85. The quantitative estimate of drug-likeness (QED) is 0.296. The number of nitrogens with one attached hydrogen (secondary N) is 1. The predicted octanol–water partition coefficient (Wildman–Crippen LogP) is 3.22. The largest absolute Gasteiger partial charge is 0.480 e. The molecule has 0 saturated carbocycles. The van der Waals surface area contributed by atoms with Crippen molar-refractivity contribution < 1.29 is 15.0 Å². The van der Waals surface area contributed by atoms with Crippen LogP contribution in [0.25, 0.3) is 22.6 Å². The maximum atomic E-state index is 11.1. The van der Waals surface area contributed by atoms with Crippen LogP contribution in [0.3, 0.4) is 0 Å². The number of nitriles is 1. The summed E-state index contributed by atoms with van der Waals surface area (Å²) in [5, 5.41) is 40.2. The van der Waals surface area contributed by atoms with Crippen LogP contribution in [0.5, 0.6) is 0 Å². The van der Waals surface area contributed by atoms with Crippen molar-refractivity contribution in [1.82, 2.24) is 29.9 Å². The fourth-order valence-electron chi connectivity index (χ4n) is 3.85. The summed E-state index contributed by atoms with van der Waals surface area (Å²) >= 11 is 0. The van der Waals surface area contributed by atoms with Crippen LogP contribution in [0.2, 0.25) is 0 Å². The highest BCUT2D eigenvalue weighted by Crippen LogP contribution is 2.26. The molecule has 188 valence electrons. The average Bonchev–Trinajstić information content (AvgIpc) is 3.36. The van der Waals surface area contributed by atoms with Crippen LogP contribution in [0.4, 0.5) is 5.95 Å². The lowest BCUT2D eigenvalue weighted by Gasteiger charge is -2.22. The molecule has 0 amide bonds. The highest BCUT2D eigenvalue weighted by atomic mass is 16.4. The Labute approximate surface area is 213 Å².